The molecule has 18 heavy (non-hydrogen) atoms. The molecule has 0 fully saturated rings. The second-order valence-corrected chi connectivity index (χ2v) is 4.27. The van der Waals surface area contributed by atoms with E-state index in [1.54, 1.807) is 0 Å². The molecular weight excluding hydrogens is 240 g/mol. The first-order chi connectivity index (χ1) is 8.52. The number of carbonyl (C=O) groups excluding carboxylic acids is 1. The summed E-state index contributed by atoms with van der Waals surface area (Å²) in [6.07, 6.45) is 4.76. The summed E-state index contributed by atoms with van der Waals surface area (Å²) in [6, 6.07) is 0. The van der Waals surface area contributed by atoms with Crippen molar-refractivity contribution in [2.45, 2.75) is 51.4 Å². The van der Waals surface area contributed by atoms with Gasteiger partial charge in [0.25, 0.3) is 0 Å². The summed E-state index contributed by atoms with van der Waals surface area (Å²) >= 11 is 0. The minimum absolute atomic E-state index is 0.0327. The van der Waals surface area contributed by atoms with Crippen LogP contribution in [-0.2, 0) is 4.79 Å². The summed E-state index contributed by atoms with van der Waals surface area (Å²) in [5.74, 6) is 0.150. The van der Waals surface area contributed by atoms with Crippen molar-refractivity contribution in [3.8, 4) is 0 Å². The molecule has 7 heteroatoms. The van der Waals surface area contributed by atoms with E-state index in [0.717, 1.165) is 0 Å². The molecule has 0 spiro atoms. The van der Waals surface area contributed by atoms with Crippen LogP contribution in [0, 0.1) is 20.2 Å². The highest BCUT2D eigenvalue weighted by atomic mass is 16.6. The van der Waals surface area contributed by atoms with Gasteiger partial charge in [0.1, 0.15) is 5.78 Å². The van der Waals surface area contributed by atoms with Crippen LogP contribution in [0.5, 0.6) is 0 Å². The maximum atomic E-state index is 11.4. The van der Waals surface area contributed by atoms with E-state index >= 15 is 0 Å². The van der Waals surface area contributed by atoms with Gasteiger partial charge in [0, 0.05) is 35.5 Å². The smallest absolute Gasteiger partial charge is 0.203 e. The molecule has 0 aromatic rings. The first-order valence-electron chi connectivity index (χ1n) is 6.27. The standard InChI is InChI=1S/C11H20N2O5/c14-11(7-3-1-5-9-12(15)16)8-4-2-6-10-13(17)18/h1-10H2. The molecule has 0 aliphatic heterocycles. The van der Waals surface area contributed by atoms with Crippen molar-refractivity contribution in [2.24, 2.45) is 0 Å². The van der Waals surface area contributed by atoms with Crippen molar-refractivity contribution < 1.29 is 14.6 Å². The van der Waals surface area contributed by atoms with Crippen LogP contribution in [0.25, 0.3) is 0 Å². The summed E-state index contributed by atoms with van der Waals surface area (Å²) < 4.78 is 0. The summed E-state index contributed by atoms with van der Waals surface area (Å²) in [5.41, 5.74) is 0. The highest BCUT2D eigenvalue weighted by molar-refractivity contribution is 5.78. The monoisotopic (exact) mass is 260 g/mol. The topological polar surface area (TPSA) is 103 Å². The van der Waals surface area contributed by atoms with Crippen LogP contribution in [0.15, 0.2) is 0 Å². The van der Waals surface area contributed by atoms with E-state index in [0.29, 0.717) is 51.4 Å². The molecule has 0 heterocycles. The molecule has 0 aromatic carbocycles. The highest BCUT2D eigenvalue weighted by Gasteiger charge is 2.04. The van der Waals surface area contributed by atoms with Gasteiger partial charge in [-0.15, -0.1) is 0 Å². The number of carbonyl (C=O) groups is 1. The van der Waals surface area contributed by atoms with Gasteiger partial charge in [0.05, 0.1) is 0 Å². The Hall–Kier alpha value is -1.53. The maximum Gasteiger partial charge on any atom is 0.203 e. The van der Waals surface area contributed by atoms with Crippen molar-refractivity contribution in [1.82, 2.24) is 0 Å². The molecule has 0 N–H and O–H groups in total. The van der Waals surface area contributed by atoms with Gasteiger partial charge in [-0.25, -0.2) is 0 Å². The lowest BCUT2D eigenvalue weighted by atomic mass is 10.1. The second-order valence-electron chi connectivity index (χ2n) is 4.27. The summed E-state index contributed by atoms with van der Waals surface area (Å²) in [5, 5.41) is 20.1. The number of rotatable bonds is 12. The molecule has 0 aliphatic carbocycles. The third-order valence-corrected chi connectivity index (χ3v) is 2.59. The zero-order valence-electron chi connectivity index (χ0n) is 10.5. The lowest BCUT2D eigenvalue weighted by Crippen LogP contribution is -2.03. The van der Waals surface area contributed by atoms with E-state index in [1.807, 2.05) is 0 Å². The zero-order chi connectivity index (χ0) is 13.8. The van der Waals surface area contributed by atoms with E-state index in [9.17, 15) is 25.0 Å². The Morgan fingerprint density at radius 3 is 1.44 bits per heavy atom. The van der Waals surface area contributed by atoms with Gasteiger partial charge in [-0.05, 0) is 25.7 Å². The molecule has 7 nitrogen and oxygen atoms in total. The Kier molecular flexibility index (Phi) is 9.71. The maximum absolute atomic E-state index is 11.4. The first kappa shape index (κ1) is 16.5. The van der Waals surface area contributed by atoms with E-state index < -0.39 is 0 Å². The van der Waals surface area contributed by atoms with Crippen LogP contribution in [-0.4, -0.2) is 28.7 Å². The lowest BCUT2D eigenvalue weighted by Gasteiger charge is -2.00. The number of nitrogens with zero attached hydrogens (tertiary/aromatic N) is 2. The number of ketones is 1. The molecule has 0 aromatic heterocycles. The van der Waals surface area contributed by atoms with Crippen molar-refractivity contribution in [3.05, 3.63) is 20.2 Å². The predicted molar refractivity (Wildman–Crippen MR) is 65.7 cm³/mol. The summed E-state index contributed by atoms with van der Waals surface area (Å²) in [7, 11) is 0. The van der Waals surface area contributed by atoms with Gasteiger partial charge >= 0.3 is 0 Å². The number of nitro groups is 2. The molecular formula is C11H20N2O5. The summed E-state index contributed by atoms with van der Waals surface area (Å²) in [4.78, 5) is 30.7. The Morgan fingerprint density at radius 1 is 0.722 bits per heavy atom. The average molecular weight is 260 g/mol. The number of Topliss-reactive ketones (excluding diaryl/α,β-unsaturated/α-hetero) is 1. The van der Waals surface area contributed by atoms with E-state index in [1.165, 1.54) is 0 Å². The molecule has 0 bridgehead atoms. The van der Waals surface area contributed by atoms with E-state index in [4.69, 9.17) is 0 Å². The Balaban J connectivity index is 3.27. The van der Waals surface area contributed by atoms with Crippen molar-refractivity contribution in [3.63, 3.8) is 0 Å². The van der Waals surface area contributed by atoms with E-state index in [2.05, 4.69) is 0 Å². The van der Waals surface area contributed by atoms with Gasteiger partial charge in [-0.3, -0.25) is 25.0 Å². The third kappa shape index (κ3) is 12.5. The Labute approximate surface area is 106 Å². The number of hydrogen-bond donors (Lipinski definition) is 0. The van der Waals surface area contributed by atoms with Crippen LogP contribution >= 0.6 is 0 Å². The van der Waals surface area contributed by atoms with Gasteiger partial charge in [0.15, 0.2) is 0 Å². The molecule has 0 saturated carbocycles. The first-order valence-corrected chi connectivity index (χ1v) is 6.27. The van der Waals surface area contributed by atoms with E-state index in [-0.39, 0.29) is 28.7 Å². The molecule has 0 atom stereocenters. The Morgan fingerprint density at radius 2 is 1.11 bits per heavy atom. The van der Waals surface area contributed by atoms with Crippen molar-refractivity contribution in [1.29, 1.82) is 0 Å². The quantitative estimate of drug-likeness (QED) is 0.304. The highest BCUT2D eigenvalue weighted by Crippen LogP contribution is 2.07. The minimum Gasteiger partial charge on any atom is -0.300 e. The van der Waals surface area contributed by atoms with Gasteiger partial charge in [0.2, 0.25) is 13.1 Å². The fraction of sp³-hybridized carbons (Fsp3) is 0.909. The van der Waals surface area contributed by atoms with Gasteiger partial charge < -0.3 is 0 Å². The normalized spacial score (nSPS) is 10.2. The number of hydrogen-bond acceptors (Lipinski definition) is 5. The fourth-order valence-corrected chi connectivity index (χ4v) is 1.60. The molecule has 0 radical (unpaired) electrons. The van der Waals surface area contributed by atoms with Crippen molar-refractivity contribution in [2.75, 3.05) is 13.1 Å². The largest absolute Gasteiger partial charge is 0.300 e. The minimum atomic E-state index is -0.350. The fourth-order valence-electron chi connectivity index (χ4n) is 1.60. The second kappa shape index (κ2) is 10.6. The van der Waals surface area contributed by atoms with Crippen LogP contribution in [0.3, 0.4) is 0 Å². The van der Waals surface area contributed by atoms with Crippen LogP contribution in [0.1, 0.15) is 51.4 Å². The van der Waals surface area contributed by atoms with Gasteiger partial charge in [-0.2, -0.15) is 0 Å². The van der Waals surface area contributed by atoms with Crippen LogP contribution in [0.4, 0.5) is 0 Å². The van der Waals surface area contributed by atoms with Crippen molar-refractivity contribution >= 4 is 5.78 Å². The average Bonchev–Trinajstić information content (AvgIpc) is 2.27. The molecule has 0 unspecified atom stereocenters. The zero-order valence-corrected chi connectivity index (χ0v) is 10.5. The van der Waals surface area contributed by atoms with Crippen LogP contribution in [0.2, 0.25) is 0 Å². The predicted octanol–water partition coefficient (Wildman–Crippen LogP) is 2.23. The SMILES string of the molecule is O=C(CCCCC[N+](=O)[O-])CCCCC[N+](=O)[O-]. The molecule has 0 aliphatic rings. The molecule has 0 amide bonds. The molecule has 0 rings (SSSR count). The van der Waals surface area contributed by atoms with Crippen LogP contribution < -0.4 is 0 Å². The third-order valence-electron chi connectivity index (χ3n) is 2.59. The Bertz CT molecular complexity index is 255. The lowest BCUT2D eigenvalue weighted by molar-refractivity contribution is -0.480. The van der Waals surface area contributed by atoms with Gasteiger partial charge in [-0.1, -0.05) is 0 Å². The number of unbranched alkanes of at least 4 members (excludes halogenated alkanes) is 4. The molecule has 104 valence electrons. The summed E-state index contributed by atoms with van der Waals surface area (Å²) in [6.45, 7) is -0.0653. The molecule has 0 saturated heterocycles.